The molecule has 0 heterocycles. The number of phenols is 1. The number of rotatable bonds is 0. The van der Waals surface area contributed by atoms with Gasteiger partial charge in [0.25, 0.3) is 0 Å². The maximum absolute atomic E-state index is 8.87. The van der Waals surface area contributed by atoms with Gasteiger partial charge in [0.15, 0.2) is 0 Å². The third-order valence-corrected chi connectivity index (χ3v) is 0.756. The second-order valence-electron chi connectivity index (χ2n) is 1.57. The summed E-state index contributed by atoms with van der Waals surface area (Å²) in [6.07, 6.45) is 0. The third kappa shape index (κ3) is 5.82. The Balaban J connectivity index is 0.000000236. The first-order valence-electron chi connectivity index (χ1n) is 2.95. The molecule has 0 atom stereocenters. The Bertz CT molecular complexity index is 174. The molecule has 3 heteroatoms. The molecule has 0 saturated carbocycles. The van der Waals surface area contributed by atoms with E-state index in [9.17, 15) is 0 Å². The van der Waals surface area contributed by atoms with Crippen LogP contribution in [0.15, 0.2) is 30.3 Å². The number of carbonyl (C=O) groups excluding carboxylic acids is 1. The first kappa shape index (κ1) is 9.69. The van der Waals surface area contributed by atoms with Gasteiger partial charge >= 0.3 is 36.3 Å². The van der Waals surface area contributed by atoms with E-state index in [0.717, 1.165) is 3.54 Å². The van der Waals surface area contributed by atoms with Crippen LogP contribution in [0.4, 0.5) is 0 Å². The van der Waals surface area contributed by atoms with E-state index in [2.05, 4.69) is 0 Å². The molecule has 0 aliphatic heterocycles. The molecule has 1 aromatic rings. The predicted octanol–water partition coefficient (Wildman–Crippen LogP) is 0.737. The van der Waals surface area contributed by atoms with Gasteiger partial charge in [0.05, 0.1) is 0 Å². The Hall–Kier alpha value is -0.310. The zero-order chi connectivity index (χ0) is 7.82. The van der Waals surface area contributed by atoms with Gasteiger partial charge in [-0.05, 0) is 12.1 Å². The number of aromatic hydroxyl groups is 1. The number of hydrogen-bond acceptors (Lipinski definition) is 2. The minimum atomic E-state index is 0.322. The SMILES string of the molecule is O=[CH][Na].Oc1ccccc1. The van der Waals surface area contributed by atoms with Crippen LogP contribution in [0.25, 0.3) is 0 Å². The molecule has 0 spiro atoms. The summed E-state index contributed by atoms with van der Waals surface area (Å²) in [6, 6.07) is 8.71. The van der Waals surface area contributed by atoms with Crippen molar-refractivity contribution in [1.82, 2.24) is 0 Å². The monoisotopic (exact) mass is 146 g/mol. The molecule has 0 aliphatic carbocycles. The van der Waals surface area contributed by atoms with Crippen molar-refractivity contribution in [1.29, 1.82) is 0 Å². The summed E-state index contributed by atoms with van der Waals surface area (Å²) in [4.78, 5) is 8.87. The average Bonchev–Trinajstić information content (AvgIpc) is 1.91. The minimum Gasteiger partial charge on any atom is -0.508 e. The first-order chi connectivity index (χ1) is 4.81. The van der Waals surface area contributed by atoms with Crippen molar-refractivity contribution >= 4 is 31.5 Å². The summed E-state index contributed by atoms with van der Waals surface area (Å²) in [5, 5.41) is 8.63. The Morgan fingerprint density at radius 3 is 1.90 bits per heavy atom. The van der Waals surface area contributed by atoms with E-state index in [4.69, 9.17) is 9.90 Å². The second kappa shape index (κ2) is 6.81. The molecule has 2 nitrogen and oxygen atoms in total. The van der Waals surface area contributed by atoms with Crippen molar-refractivity contribution in [2.45, 2.75) is 0 Å². The molecule has 0 unspecified atom stereocenters. The first-order valence-corrected chi connectivity index (χ1v) is 4.10. The Morgan fingerprint density at radius 2 is 1.70 bits per heavy atom. The molecule has 0 aromatic heterocycles. The van der Waals surface area contributed by atoms with Crippen LogP contribution in [0.3, 0.4) is 0 Å². The fourth-order valence-electron chi connectivity index (χ4n) is 0.428. The Morgan fingerprint density at radius 1 is 1.30 bits per heavy atom. The molecule has 1 N–H and O–H groups in total. The van der Waals surface area contributed by atoms with Crippen molar-refractivity contribution in [2.75, 3.05) is 0 Å². The number of phenolic OH excluding ortho intramolecular Hbond substituents is 1. The zero-order valence-corrected chi connectivity index (χ0v) is 7.82. The summed E-state index contributed by atoms with van der Waals surface area (Å²) in [5.41, 5.74) is 0. The van der Waals surface area contributed by atoms with Crippen LogP contribution in [0, 0.1) is 0 Å². The van der Waals surface area contributed by atoms with E-state index in [1.165, 1.54) is 0 Å². The number of carbonyl (C=O) groups is 1. The number of benzene rings is 1. The second-order valence-corrected chi connectivity index (χ2v) is 2.04. The van der Waals surface area contributed by atoms with Gasteiger partial charge in [-0.2, -0.15) is 0 Å². The van der Waals surface area contributed by atoms with Crippen LogP contribution in [-0.2, 0) is 4.79 Å². The fraction of sp³-hybridized carbons (Fsp3) is 0. The van der Waals surface area contributed by atoms with Gasteiger partial charge in [-0.1, -0.05) is 18.2 Å². The van der Waals surface area contributed by atoms with Gasteiger partial charge in [0.1, 0.15) is 5.75 Å². The largest absolute Gasteiger partial charge is 0.508 e. The maximum Gasteiger partial charge on any atom is 0.115 e. The average molecular weight is 146 g/mol. The molecule has 0 amide bonds. The van der Waals surface area contributed by atoms with Gasteiger partial charge in [-0.25, -0.2) is 0 Å². The maximum atomic E-state index is 8.87. The fourth-order valence-corrected chi connectivity index (χ4v) is 0.428. The topological polar surface area (TPSA) is 37.3 Å². The molecule has 0 radical (unpaired) electrons. The molecule has 0 saturated heterocycles. The van der Waals surface area contributed by atoms with E-state index in [1.54, 1.807) is 24.3 Å². The van der Waals surface area contributed by atoms with Crippen molar-refractivity contribution in [3.05, 3.63) is 30.3 Å². The standard InChI is InChI=1S/C6H6O.CHO.Na/c7-6-4-2-1-3-5-6;1-2;/h1-5,7H;1H;. The van der Waals surface area contributed by atoms with E-state index >= 15 is 0 Å². The van der Waals surface area contributed by atoms with Gasteiger partial charge in [-0.15, -0.1) is 0 Å². The van der Waals surface area contributed by atoms with Gasteiger partial charge in [0.2, 0.25) is 0 Å². The molecule has 0 bridgehead atoms. The van der Waals surface area contributed by atoms with Crippen LogP contribution >= 0.6 is 0 Å². The molecule has 48 valence electrons. The molecular formula is C7H7NaO2. The number of para-hydroxylation sites is 1. The summed E-state index contributed by atoms with van der Waals surface area (Å²) in [5.74, 6) is 0.322. The third-order valence-electron chi connectivity index (χ3n) is 0.756. The molecule has 1 aromatic carbocycles. The Kier molecular flexibility index (Phi) is 6.59. The summed E-state index contributed by atoms with van der Waals surface area (Å²) in [7, 11) is 0. The quantitative estimate of drug-likeness (QED) is 0.433. The predicted molar refractivity (Wildman–Crippen MR) is 40.6 cm³/mol. The minimum absolute atomic E-state index is 0.322. The van der Waals surface area contributed by atoms with Crippen LogP contribution in [0.1, 0.15) is 0 Å². The summed E-state index contributed by atoms with van der Waals surface area (Å²) in [6.45, 7) is 0. The zero-order valence-electron chi connectivity index (χ0n) is 5.82. The van der Waals surface area contributed by atoms with Crippen LogP contribution in [-0.4, -0.2) is 36.6 Å². The smallest absolute Gasteiger partial charge is 0.115 e. The van der Waals surface area contributed by atoms with Crippen molar-refractivity contribution in [3.8, 4) is 5.75 Å². The van der Waals surface area contributed by atoms with Crippen LogP contribution in [0.5, 0.6) is 5.75 Å². The molecule has 0 aliphatic rings. The molecule has 0 fully saturated rings. The van der Waals surface area contributed by atoms with E-state index in [0.29, 0.717) is 33.7 Å². The molecule has 10 heavy (non-hydrogen) atoms. The van der Waals surface area contributed by atoms with Gasteiger partial charge in [0, 0.05) is 0 Å². The normalized spacial score (nSPS) is 7.40. The van der Waals surface area contributed by atoms with Crippen molar-refractivity contribution in [3.63, 3.8) is 0 Å². The Labute approximate surface area is 77.3 Å². The molecular weight excluding hydrogens is 139 g/mol. The molecule has 1 rings (SSSR count). The van der Waals surface area contributed by atoms with E-state index < -0.39 is 0 Å². The van der Waals surface area contributed by atoms with E-state index in [1.807, 2.05) is 6.07 Å². The summed E-state index contributed by atoms with van der Waals surface area (Å²) < 4.78 is 0.889. The van der Waals surface area contributed by atoms with Crippen molar-refractivity contribution in [2.24, 2.45) is 0 Å². The van der Waals surface area contributed by atoms with Crippen LogP contribution in [0.2, 0.25) is 0 Å². The van der Waals surface area contributed by atoms with E-state index in [-0.39, 0.29) is 0 Å². The van der Waals surface area contributed by atoms with Crippen molar-refractivity contribution < 1.29 is 9.90 Å². The van der Waals surface area contributed by atoms with Gasteiger partial charge in [-0.3, -0.25) is 0 Å². The van der Waals surface area contributed by atoms with Gasteiger partial charge < -0.3 is 5.11 Å². The van der Waals surface area contributed by atoms with Crippen LogP contribution < -0.4 is 0 Å². The number of hydrogen-bond donors (Lipinski definition) is 1. The summed E-state index contributed by atoms with van der Waals surface area (Å²) >= 11 is 0.688.